The highest BCUT2D eigenvalue weighted by molar-refractivity contribution is 6.51. The van der Waals surface area contributed by atoms with Crippen LogP contribution in [-0.4, -0.2) is 23.9 Å². The fourth-order valence-electron chi connectivity index (χ4n) is 3.61. The van der Waals surface area contributed by atoms with Gasteiger partial charge in [-0.15, -0.1) is 0 Å². The van der Waals surface area contributed by atoms with Crippen molar-refractivity contribution in [1.29, 1.82) is 0 Å². The zero-order chi connectivity index (χ0) is 20.4. The number of amides is 1. The highest BCUT2D eigenvalue weighted by Gasteiger charge is 2.47. The highest BCUT2D eigenvalue weighted by Crippen LogP contribution is 2.44. The highest BCUT2D eigenvalue weighted by atomic mass is 16.5. The molecule has 144 valence electrons. The largest absolute Gasteiger partial charge is 0.507 e. The normalized spacial score (nSPS) is 18.1. The number of aliphatic hydroxyl groups excluding tert-OH is 1. The van der Waals surface area contributed by atoms with Gasteiger partial charge >= 0.3 is 0 Å². The second-order valence-corrected chi connectivity index (χ2v) is 6.62. The van der Waals surface area contributed by atoms with E-state index in [4.69, 9.17) is 4.74 Å². The summed E-state index contributed by atoms with van der Waals surface area (Å²) in [6.07, 6.45) is 0. The number of ketones is 1. The minimum atomic E-state index is -0.771. The van der Waals surface area contributed by atoms with Crippen LogP contribution in [0.1, 0.15) is 17.2 Å². The van der Waals surface area contributed by atoms with Gasteiger partial charge in [-0.25, -0.2) is 0 Å². The summed E-state index contributed by atoms with van der Waals surface area (Å²) in [5, 5.41) is 11.0. The van der Waals surface area contributed by atoms with Gasteiger partial charge in [-0.1, -0.05) is 72.8 Å². The average molecular weight is 385 g/mol. The van der Waals surface area contributed by atoms with E-state index in [1.807, 2.05) is 36.4 Å². The quantitative estimate of drug-likeness (QED) is 0.413. The summed E-state index contributed by atoms with van der Waals surface area (Å²) < 4.78 is 5.42. The number of ether oxygens (including phenoxy) is 1. The molecule has 29 heavy (non-hydrogen) atoms. The van der Waals surface area contributed by atoms with Gasteiger partial charge in [0.2, 0.25) is 0 Å². The first-order chi connectivity index (χ1) is 14.1. The number of anilines is 1. The standard InChI is InChI=1S/C24H19NO4/c1-29-19-15-9-8-14-18(19)25-21(16-10-4-2-5-11-16)20(23(27)24(25)28)22(26)17-12-6-3-7-13-17/h2-15,21,26H,1H3/t21-/m0/s1. The molecule has 1 N–H and O–H groups in total. The SMILES string of the molecule is COc1ccccc1N1C(=O)C(=O)C(=C(O)c2ccccc2)[C@@H]1c1ccccc1. The molecule has 1 atom stereocenters. The molecule has 0 aliphatic carbocycles. The van der Waals surface area contributed by atoms with Crippen LogP contribution < -0.4 is 9.64 Å². The Labute approximate surface area is 168 Å². The third-order valence-corrected chi connectivity index (χ3v) is 4.95. The van der Waals surface area contributed by atoms with Crippen LogP contribution >= 0.6 is 0 Å². The van der Waals surface area contributed by atoms with Gasteiger partial charge in [-0.2, -0.15) is 0 Å². The number of aliphatic hydroxyl groups is 1. The van der Waals surface area contributed by atoms with Crippen LogP contribution in [0.15, 0.2) is 90.5 Å². The molecule has 4 rings (SSSR count). The van der Waals surface area contributed by atoms with E-state index in [0.717, 1.165) is 5.56 Å². The van der Waals surface area contributed by atoms with Crippen molar-refractivity contribution in [3.05, 3.63) is 102 Å². The van der Waals surface area contributed by atoms with Crippen molar-refractivity contribution in [2.75, 3.05) is 12.0 Å². The fraction of sp³-hybridized carbons (Fsp3) is 0.0833. The van der Waals surface area contributed by atoms with E-state index in [0.29, 0.717) is 17.0 Å². The molecule has 5 heteroatoms. The molecule has 3 aromatic carbocycles. The van der Waals surface area contributed by atoms with Gasteiger partial charge in [-0.05, 0) is 17.7 Å². The Bertz CT molecular complexity index is 1090. The number of Topliss-reactive ketones (excluding diaryl/α,β-unsaturated/α-hetero) is 1. The lowest BCUT2D eigenvalue weighted by atomic mass is 9.95. The molecule has 0 spiro atoms. The first-order valence-electron chi connectivity index (χ1n) is 9.18. The molecule has 0 bridgehead atoms. The maximum atomic E-state index is 13.1. The maximum absolute atomic E-state index is 13.1. The van der Waals surface area contributed by atoms with Gasteiger partial charge in [-0.3, -0.25) is 14.5 Å². The molecule has 0 saturated carbocycles. The van der Waals surface area contributed by atoms with Crippen LogP contribution in [0.25, 0.3) is 5.76 Å². The van der Waals surface area contributed by atoms with Crippen molar-refractivity contribution >= 4 is 23.1 Å². The van der Waals surface area contributed by atoms with Gasteiger partial charge in [0.1, 0.15) is 11.5 Å². The lowest BCUT2D eigenvalue weighted by Gasteiger charge is -2.26. The zero-order valence-corrected chi connectivity index (χ0v) is 15.8. The molecular weight excluding hydrogens is 366 g/mol. The monoisotopic (exact) mass is 385 g/mol. The van der Waals surface area contributed by atoms with E-state index in [-0.39, 0.29) is 11.3 Å². The fourth-order valence-corrected chi connectivity index (χ4v) is 3.61. The summed E-state index contributed by atoms with van der Waals surface area (Å²) in [5.41, 5.74) is 1.72. The van der Waals surface area contributed by atoms with E-state index in [1.165, 1.54) is 12.0 Å². The molecule has 5 nitrogen and oxygen atoms in total. The summed E-state index contributed by atoms with van der Waals surface area (Å²) in [4.78, 5) is 27.5. The van der Waals surface area contributed by atoms with Gasteiger partial charge < -0.3 is 9.84 Å². The number of carbonyl (C=O) groups is 2. The topological polar surface area (TPSA) is 66.8 Å². The van der Waals surface area contributed by atoms with E-state index < -0.39 is 17.7 Å². The van der Waals surface area contributed by atoms with Crippen LogP contribution in [0.4, 0.5) is 5.69 Å². The van der Waals surface area contributed by atoms with Crippen LogP contribution in [0.5, 0.6) is 5.75 Å². The molecule has 1 amide bonds. The lowest BCUT2D eigenvalue weighted by molar-refractivity contribution is -0.132. The van der Waals surface area contributed by atoms with Crippen molar-refractivity contribution < 1.29 is 19.4 Å². The second kappa shape index (κ2) is 7.64. The zero-order valence-electron chi connectivity index (χ0n) is 15.8. The Kier molecular flexibility index (Phi) is 4.87. The predicted octanol–water partition coefficient (Wildman–Crippen LogP) is 4.32. The summed E-state index contributed by atoms with van der Waals surface area (Å²) in [6, 6.07) is 24.2. The molecule has 1 fully saturated rings. The van der Waals surface area contributed by atoms with E-state index >= 15 is 0 Å². The van der Waals surface area contributed by atoms with Crippen LogP contribution in [-0.2, 0) is 9.59 Å². The summed E-state index contributed by atoms with van der Waals surface area (Å²) in [6.45, 7) is 0. The van der Waals surface area contributed by atoms with E-state index in [2.05, 4.69) is 0 Å². The second-order valence-electron chi connectivity index (χ2n) is 6.62. The number of methoxy groups -OCH3 is 1. The van der Waals surface area contributed by atoms with E-state index in [1.54, 1.807) is 48.5 Å². The molecule has 0 radical (unpaired) electrons. The first-order valence-corrected chi connectivity index (χ1v) is 9.18. The summed E-state index contributed by atoms with van der Waals surface area (Å²) in [7, 11) is 1.51. The average Bonchev–Trinajstić information content (AvgIpc) is 3.05. The van der Waals surface area contributed by atoms with Crippen LogP contribution in [0, 0.1) is 0 Å². The molecular formula is C24H19NO4. The summed E-state index contributed by atoms with van der Waals surface area (Å²) >= 11 is 0. The third kappa shape index (κ3) is 3.17. The molecule has 1 heterocycles. The van der Waals surface area contributed by atoms with E-state index in [9.17, 15) is 14.7 Å². The third-order valence-electron chi connectivity index (χ3n) is 4.95. The Morgan fingerprint density at radius 3 is 2.10 bits per heavy atom. The Balaban J connectivity index is 1.97. The molecule has 0 aromatic heterocycles. The van der Waals surface area contributed by atoms with Crippen molar-refractivity contribution in [2.45, 2.75) is 6.04 Å². The van der Waals surface area contributed by atoms with Gasteiger partial charge in [0.05, 0.1) is 24.4 Å². The van der Waals surface area contributed by atoms with Gasteiger partial charge in [0, 0.05) is 5.56 Å². The predicted molar refractivity (Wildman–Crippen MR) is 111 cm³/mol. The van der Waals surface area contributed by atoms with Crippen molar-refractivity contribution in [2.24, 2.45) is 0 Å². The number of hydrogen-bond acceptors (Lipinski definition) is 4. The number of carbonyl (C=O) groups excluding carboxylic acids is 2. The minimum absolute atomic E-state index is 0.0540. The summed E-state index contributed by atoms with van der Waals surface area (Å²) in [5.74, 6) is -1.17. The van der Waals surface area contributed by atoms with Crippen molar-refractivity contribution in [1.82, 2.24) is 0 Å². The number of benzene rings is 3. The Morgan fingerprint density at radius 2 is 1.45 bits per heavy atom. The van der Waals surface area contributed by atoms with Crippen molar-refractivity contribution in [3.8, 4) is 5.75 Å². The lowest BCUT2D eigenvalue weighted by Crippen LogP contribution is -2.29. The molecule has 1 aliphatic heterocycles. The van der Waals surface area contributed by atoms with Gasteiger partial charge in [0.25, 0.3) is 11.7 Å². The van der Waals surface area contributed by atoms with Crippen molar-refractivity contribution in [3.63, 3.8) is 0 Å². The van der Waals surface area contributed by atoms with Crippen LogP contribution in [0.3, 0.4) is 0 Å². The smallest absolute Gasteiger partial charge is 0.300 e. The number of rotatable bonds is 4. The van der Waals surface area contributed by atoms with Crippen LogP contribution in [0.2, 0.25) is 0 Å². The number of hydrogen-bond donors (Lipinski definition) is 1. The minimum Gasteiger partial charge on any atom is -0.507 e. The molecule has 1 aliphatic rings. The van der Waals surface area contributed by atoms with Gasteiger partial charge in [0.15, 0.2) is 0 Å². The molecule has 1 saturated heterocycles. The molecule has 3 aromatic rings. The number of para-hydroxylation sites is 2. The Hall–Kier alpha value is -3.86. The number of nitrogens with zero attached hydrogens (tertiary/aromatic N) is 1. The first kappa shape index (κ1) is 18.5. The Morgan fingerprint density at radius 1 is 0.862 bits per heavy atom. The maximum Gasteiger partial charge on any atom is 0.300 e. The molecule has 0 unspecified atom stereocenters.